The van der Waals surface area contributed by atoms with Gasteiger partial charge in [0.1, 0.15) is 0 Å². The normalized spacial score (nSPS) is 31.6. The number of rotatable bonds is 6. The fourth-order valence-electron chi connectivity index (χ4n) is 2.66. The lowest BCUT2D eigenvalue weighted by molar-refractivity contribution is -0.103. The van der Waals surface area contributed by atoms with Gasteiger partial charge >= 0.3 is 0 Å². The Bertz CT molecular complexity index is 201. The van der Waals surface area contributed by atoms with Gasteiger partial charge in [-0.25, -0.2) is 0 Å². The Morgan fingerprint density at radius 2 is 2.18 bits per heavy atom. The molecule has 0 bridgehead atoms. The SMILES string of the molecule is CCNC(CCC1CCCO1)C1COCCO1. The molecule has 100 valence electrons. The zero-order valence-corrected chi connectivity index (χ0v) is 10.8. The van der Waals surface area contributed by atoms with Crippen molar-refractivity contribution < 1.29 is 14.2 Å². The molecule has 0 aromatic rings. The monoisotopic (exact) mass is 243 g/mol. The second-order valence-corrected chi connectivity index (χ2v) is 4.86. The zero-order chi connectivity index (χ0) is 11.9. The van der Waals surface area contributed by atoms with Crippen LogP contribution in [0.25, 0.3) is 0 Å². The predicted octanol–water partition coefficient (Wildman–Crippen LogP) is 1.34. The van der Waals surface area contributed by atoms with Crippen LogP contribution >= 0.6 is 0 Å². The van der Waals surface area contributed by atoms with Crippen molar-refractivity contribution in [2.45, 2.75) is 50.9 Å². The van der Waals surface area contributed by atoms with Gasteiger partial charge in [-0.05, 0) is 32.2 Å². The van der Waals surface area contributed by atoms with Crippen molar-refractivity contribution in [2.75, 3.05) is 33.0 Å². The van der Waals surface area contributed by atoms with E-state index < -0.39 is 0 Å². The van der Waals surface area contributed by atoms with Gasteiger partial charge in [0, 0.05) is 12.6 Å². The highest BCUT2D eigenvalue weighted by Gasteiger charge is 2.26. The summed E-state index contributed by atoms with van der Waals surface area (Å²) in [5.74, 6) is 0. The van der Waals surface area contributed by atoms with Crippen LogP contribution in [0, 0.1) is 0 Å². The summed E-state index contributed by atoms with van der Waals surface area (Å²) < 4.78 is 16.9. The first-order valence-corrected chi connectivity index (χ1v) is 6.94. The Morgan fingerprint density at radius 3 is 2.82 bits per heavy atom. The number of likely N-dealkylation sites (N-methyl/N-ethyl adjacent to an activating group) is 1. The Balaban J connectivity index is 1.74. The minimum Gasteiger partial charge on any atom is -0.378 e. The quantitative estimate of drug-likeness (QED) is 0.764. The summed E-state index contributed by atoms with van der Waals surface area (Å²) >= 11 is 0. The maximum Gasteiger partial charge on any atom is 0.0962 e. The highest BCUT2D eigenvalue weighted by molar-refractivity contribution is 4.80. The largest absolute Gasteiger partial charge is 0.378 e. The van der Waals surface area contributed by atoms with E-state index in [1.165, 1.54) is 12.8 Å². The van der Waals surface area contributed by atoms with E-state index in [1.54, 1.807) is 0 Å². The summed E-state index contributed by atoms with van der Waals surface area (Å²) in [6.07, 6.45) is 5.38. The van der Waals surface area contributed by atoms with Crippen molar-refractivity contribution >= 4 is 0 Å². The summed E-state index contributed by atoms with van der Waals surface area (Å²) in [6.45, 7) is 6.26. The second kappa shape index (κ2) is 7.31. The molecule has 2 fully saturated rings. The molecule has 0 saturated carbocycles. The molecule has 2 rings (SSSR count). The molecule has 0 spiro atoms. The molecule has 4 heteroatoms. The van der Waals surface area contributed by atoms with Gasteiger partial charge in [0.25, 0.3) is 0 Å². The van der Waals surface area contributed by atoms with Crippen molar-refractivity contribution in [3.63, 3.8) is 0 Å². The van der Waals surface area contributed by atoms with Crippen LogP contribution in [0.5, 0.6) is 0 Å². The molecule has 0 aliphatic carbocycles. The molecule has 4 nitrogen and oxygen atoms in total. The van der Waals surface area contributed by atoms with E-state index in [0.717, 1.165) is 45.8 Å². The number of hydrogen-bond acceptors (Lipinski definition) is 4. The smallest absolute Gasteiger partial charge is 0.0962 e. The summed E-state index contributed by atoms with van der Waals surface area (Å²) in [6, 6.07) is 0.407. The lowest BCUT2D eigenvalue weighted by Gasteiger charge is -2.31. The molecule has 3 unspecified atom stereocenters. The number of nitrogens with one attached hydrogen (secondary N) is 1. The minimum absolute atomic E-state index is 0.213. The number of hydrogen-bond donors (Lipinski definition) is 1. The lowest BCUT2D eigenvalue weighted by Crippen LogP contribution is -2.46. The third-order valence-corrected chi connectivity index (χ3v) is 3.58. The van der Waals surface area contributed by atoms with E-state index in [4.69, 9.17) is 14.2 Å². The Morgan fingerprint density at radius 1 is 1.24 bits per heavy atom. The van der Waals surface area contributed by atoms with Gasteiger partial charge in [0.15, 0.2) is 0 Å². The van der Waals surface area contributed by atoms with E-state index in [9.17, 15) is 0 Å². The van der Waals surface area contributed by atoms with Gasteiger partial charge < -0.3 is 19.5 Å². The first-order chi connectivity index (χ1) is 8.40. The standard InChI is InChI=1S/C13H25NO3/c1-2-14-12(13-10-15-8-9-17-13)6-5-11-4-3-7-16-11/h11-14H,2-10H2,1H3. The highest BCUT2D eigenvalue weighted by atomic mass is 16.6. The molecule has 2 heterocycles. The third kappa shape index (κ3) is 4.21. The first-order valence-electron chi connectivity index (χ1n) is 6.94. The van der Waals surface area contributed by atoms with Crippen LogP contribution < -0.4 is 5.32 Å². The van der Waals surface area contributed by atoms with Crippen LogP contribution in [0.1, 0.15) is 32.6 Å². The number of ether oxygens (including phenoxy) is 3. The van der Waals surface area contributed by atoms with Crippen LogP contribution in [-0.2, 0) is 14.2 Å². The molecule has 2 aliphatic heterocycles. The van der Waals surface area contributed by atoms with E-state index in [1.807, 2.05) is 0 Å². The van der Waals surface area contributed by atoms with E-state index in [-0.39, 0.29) is 6.10 Å². The van der Waals surface area contributed by atoms with Crippen molar-refractivity contribution in [3.8, 4) is 0 Å². The Labute approximate surface area is 104 Å². The van der Waals surface area contributed by atoms with E-state index in [0.29, 0.717) is 12.1 Å². The second-order valence-electron chi connectivity index (χ2n) is 4.86. The summed E-state index contributed by atoms with van der Waals surface area (Å²) in [7, 11) is 0. The van der Waals surface area contributed by atoms with Crippen LogP contribution in [0.4, 0.5) is 0 Å². The molecule has 1 N–H and O–H groups in total. The molecule has 0 aromatic carbocycles. The molecule has 0 radical (unpaired) electrons. The fourth-order valence-corrected chi connectivity index (χ4v) is 2.66. The third-order valence-electron chi connectivity index (χ3n) is 3.58. The maximum atomic E-state index is 5.78. The van der Waals surface area contributed by atoms with Gasteiger partial charge in [-0.3, -0.25) is 0 Å². The van der Waals surface area contributed by atoms with Gasteiger partial charge in [0.05, 0.1) is 32.0 Å². The van der Waals surface area contributed by atoms with Crippen LogP contribution in [-0.4, -0.2) is 51.2 Å². The van der Waals surface area contributed by atoms with Crippen molar-refractivity contribution in [3.05, 3.63) is 0 Å². The van der Waals surface area contributed by atoms with Crippen LogP contribution in [0.2, 0.25) is 0 Å². The highest BCUT2D eigenvalue weighted by Crippen LogP contribution is 2.19. The van der Waals surface area contributed by atoms with Crippen LogP contribution in [0.3, 0.4) is 0 Å². The topological polar surface area (TPSA) is 39.7 Å². The lowest BCUT2D eigenvalue weighted by atomic mass is 10.0. The summed E-state index contributed by atoms with van der Waals surface area (Å²) in [4.78, 5) is 0. The molecule has 0 aromatic heterocycles. The van der Waals surface area contributed by atoms with E-state index >= 15 is 0 Å². The average molecular weight is 243 g/mol. The van der Waals surface area contributed by atoms with Crippen LogP contribution in [0.15, 0.2) is 0 Å². The molecule has 0 amide bonds. The van der Waals surface area contributed by atoms with Crippen molar-refractivity contribution in [1.29, 1.82) is 0 Å². The Hall–Kier alpha value is -0.160. The predicted molar refractivity (Wildman–Crippen MR) is 66.2 cm³/mol. The molecule has 3 atom stereocenters. The summed E-state index contributed by atoms with van der Waals surface area (Å²) in [5, 5.41) is 3.52. The van der Waals surface area contributed by atoms with Crippen molar-refractivity contribution in [2.24, 2.45) is 0 Å². The maximum absolute atomic E-state index is 5.78. The van der Waals surface area contributed by atoms with Crippen molar-refractivity contribution in [1.82, 2.24) is 5.32 Å². The molecule has 2 saturated heterocycles. The molecule has 2 aliphatic rings. The van der Waals surface area contributed by atoms with Gasteiger partial charge in [-0.2, -0.15) is 0 Å². The fraction of sp³-hybridized carbons (Fsp3) is 1.00. The zero-order valence-electron chi connectivity index (χ0n) is 10.8. The first kappa shape index (κ1) is 13.3. The van der Waals surface area contributed by atoms with Gasteiger partial charge in [0.2, 0.25) is 0 Å². The minimum atomic E-state index is 0.213. The van der Waals surface area contributed by atoms with Gasteiger partial charge in [-0.1, -0.05) is 6.92 Å². The van der Waals surface area contributed by atoms with E-state index in [2.05, 4.69) is 12.2 Å². The molecule has 17 heavy (non-hydrogen) atoms. The van der Waals surface area contributed by atoms with Gasteiger partial charge in [-0.15, -0.1) is 0 Å². The Kier molecular flexibility index (Phi) is 5.71. The summed E-state index contributed by atoms with van der Waals surface area (Å²) in [5.41, 5.74) is 0. The molecular weight excluding hydrogens is 218 g/mol. The average Bonchev–Trinajstić information content (AvgIpc) is 2.88. The molecular formula is C13H25NO3.